The molecule has 2 amide bonds. The van der Waals surface area contributed by atoms with E-state index >= 15 is 0 Å². The first-order valence-corrected chi connectivity index (χ1v) is 14.6. The smallest absolute Gasteiger partial charge is 0.242 e. The molecule has 0 aliphatic heterocycles. The van der Waals surface area contributed by atoms with Crippen molar-refractivity contribution in [2.24, 2.45) is 0 Å². The third kappa shape index (κ3) is 8.39. The van der Waals surface area contributed by atoms with Gasteiger partial charge in [0.25, 0.3) is 0 Å². The molecule has 0 aliphatic carbocycles. The third-order valence-electron chi connectivity index (χ3n) is 5.92. The van der Waals surface area contributed by atoms with E-state index in [-0.39, 0.29) is 37.7 Å². The van der Waals surface area contributed by atoms with Gasteiger partial charge in [-0.25, -0.2) is 8.42 Å². The van der Waals surface area contributed by atoms with Crippen molar-refractivity contribution in [3.05, 3.63) is 63.6 Å². The summed E-state index contributed by atoms with van der Waals surface area (Å²) in [6.45, 7) is 6.25. The van der Waals surface area contributed by atoms with E-state index < -0.39 is 16.1 Å². The largest absolute Gasteiger partial charge is 0.354 e. The molecule has 2 aromatic rings. The molecule has 10 heteroatoms. The molecule has 0 aliphatic rings. The number of para-hydroxylation sites is 1. The van der Waals surface area contributed by atoms with Crippen LogP contribution in [0.2, 0.25) is 10.0 Å². The molecule has 198 valence electrons. The third-order valence-corrected chi connectivity index (χ3v) is 7.81. The van der Waals surface area contributed by atoms with Gasteiger partial charge in [0.1, 0.15) is 6.04 Å². The molecule has 0 fully saturated rings. The second kappa shape index (κ2) is 13.9. The van der Waals surface area contributed by atoms with Crippen LogP contribution in [0, 0.1) is 6.92 Å². The minimum Gasteiger partial charge on any atom is -0.354 e. The minimum atomic E-state index is -3.55. The lowest BCUT2D eigenvalue weighted by Crippen LogP contribution is -2.48. The summed E-state index contributed by atoms with van der Waals surface area (Å²) in [6.07, 6.45) is 3.24. The van der Waals surface area contributed by atoms with Crippen molar-refractivity contribution in [3.63, 3.8) is 0 Å². The van der Waals surface area contributed by atoms with Crippen LogP contribution in [0.3, 0.4) is 0 Å². The van der Waals surface area contributed by atoms with E-state index in [1.165, 1.54) is 9.21 Å². The van der Waals surface area contributed by atoms with E-state index in [0.717, 1.165) is 24.7 Å². The van der Waals surface area contributed by atoms with Gasteiger partial charge in [-0.15, -0.1) is 0 Å². The molecular formula is C26H35Cl2N3O4S. The maximum Gasteiger partial charge on any atom is 0.242 e. The molecule has 0 radical (unpaired) electrons. The van der Waals surface area contributed by atoms with E-state index in [4.69, 9.17) is 23.2 Å². The van der Waals surface area contributed by atoms with Crippen molar-refractivity contribution >= 4 is 50.7 Å². The maximum absolute atomic E-state index is 13.4. The predicted octanol–water partition coefficient (Wildman–Crippen LogP) is 5.18. The van der Waals surface area contributed by atoms with Gasteiger partial charge < -0.3 is 10.2 Å². The quantitative estimate of drug-likeness (QED) is 0.345. The maximum atomic E-state index is 13.4. The van der Waals surface area contributed by atoms with Crippen molar-refractivity contribution in [1.29, 1.82) is 0 Å². The Kier molecular flexibility index (Phi) is 11.5. The van der Waals surface area contributed by atoms with Crippen LogP contribution in [-0.2, 0) is 26.2 Å². The Morgan fingerprint density at radius 3 is 2.25 bits per heavy atom. The number of rotatable bonds is 13. The zero-order valence-electron chi connectivity index (χ0n) is 21.3. The molecule has 1 unspecified atom stereocenters. The number of sulfonamides is 1. The molecule has 36 heavy (non-hydrogen) atoms. The highest BCUT2D eigenvalue weighted by Gasteiger charge is 2.28. The zero-order chi connectivity index (χ0) is 26.9. The molecule has 0 heterocycles. The number of benzene rings is 2. The van der Waals surface area contributed by atoms with Crippen molar-refractivity contribution in [3.8, 4) is 0 Å². The minimum absolute atomic E-state index is 0.0482. The Bertz CT molecular complexity index is 1140. The second-order valence-corrected chi connectivity index (χ2v) is 11.5. The number of anilines is 1. The number of halogens is 2. The van der Waals surface area contributed by atoms with Gasteiger partial charge in [0.05, 0.1) is 11.9 Å². The van der Waals surface area contributed by atoms with Crippen LogP contribution in [0.4, 0.5) is 5.69 Å². The summed E-state index contributed by atoms with van der Waals surface area (Å²) < 4.78 is 26.3. The summed E-state index contributed by atoms with van der Waals surface area (Å²) >= 11 is 12.7. The van der Waals surface area contributed by atoms with Gasteiger partial charge in [0, 0.05) is 41.7 Å². The van der Waals surface area contributed by atoms with Crippen LogP contribution >= 0.6 is 23.2 Å². The fourth-order valence-electron chi connectivity index (χ4n) is 3.80. The first kappa shape index (κ1) is 29.9. The van der Waals surface area contributed by atoms with Gasteiger partial charge in [0.2, 0.25) is 21.8 Å². The number of aryl methyl sites for hydroxylation is 1. The summed E-state index contributed by atoms with van der Waals surface area (Å²) in [5, 5.41) is 3.68. The molecule has 7 nitrogen and oxygen atoms in total. The van der Waals surface area contributed by atoms with Gasteiger partial charge in [0.15, 0.2) is 0 Å². The highest BCUT2D eigenvalue weighted by molar-refractivity contribution is 7.92. The molecule has 1 atom stereocenters. The van der Waals surface area contributed by atoms with Crippen LogP contribution in [0.5, 0.6) is 0 Å². The fourth-order valence-corrected chi connectivity index (χ4v) is 5.34. The Labute approximate surface area is 224 Å². The lowest BCUT2D eigenvalue weighted by Gasteiger charge is -2.30. The van der Waals surface area contributed by atoms with E-state index in [1.807, 2.05) is 26.0 Å². The first-order valence-electron chi connectivity index (χ1n) is 12.0. The summed E-state index contributed by atoms with van der Waals surface area (Å²) in [5.74, 6) is -0.556. The summed E-state index contributed by atoms with van der Waals surface area (Å²) in [7, 11) is -3.55. The van der Waals surface area contributed by atoms with Crippen LogP contribution in [0.15, 0.2) is 42.5 Å². The number of nitrogens with zero attached hydrogens (tertiary/aromatic N) is 2. The van der Waals surface area contributed by atoms with Crippen molar-refractivity contribution in [2.75, 3.05) is 23.7 Å². The Morgan fingerprint density at radius 2 is 1.67 bits per heavy atom. The topological polar surface area (TPSA) is 86.8 Å². The van der Waals surface area contributed by atoms with Gasteiger partial charge in [-0.3, -0.25) is 13.9 Å². The number of hydrogen-bond donors (Lipinski definition) is 1. The zero-order valence-corrected chi connectivity index (χ0v) is 23.6. The molecular weight excluding hydrogens is 521 g/mol. The average Bonchev–Trinajstić information content (AvgIpc) is 2.81. The van der Waals surface area contributed by atoms with Crippen LogP contribution in [0.25, 0.3) is 0 Å². The lowest BCUT2D eigenvalue weighted by atomic mass is 10.1. The number of unbranched alkanes of at least 4 members (excludes halogenated alkanes) is 1. The van der Waals surface area contributed by atoms with Gasteiger partial charge >= 0.3 is 0 Å². The molecule has 0 bridgehead atoms. The number of carbonyl (C=O) groups excluding carboxylic acids is 2. The summed E-state index contributed by atoms with van der Waals surface area (Å²) in [5.41, 5.74) is 1.96. The van der Waals surface area contributed by atoms with E-state index in [2.05, 4.69) is 5.32 Å². The normalized spacial score (nSPS) is 12.2. The average molecular weight is 557 g/mol. The van der Waals surface area contributed by atoms with Gasteiger partial charge in [-0.2, -0.15) is 0 Å². The van der Waals surface area contributed by atoms with Crippen LogP contribution in [-0.4, -0.2) is 50.5 Å². The molecule has 2 aromatic carbocycles. The second-order valence-electron chi connectivity index (χ2n) is 8.77. The fraction of sp³-hybridized carbons (Fsp3) is 0.462. The number of amides is 2. The Morgan fingerprint density at radius 1 is 1.03 bits per heavy atom. The van der Waals surface area contributed by atoms with Crippen molar-refractivity contribution in [2.45, 2.75) is 59.0 Å². The monoisotopic (exact) mass is 555 g/mol. The highest BCUT2D eigenvalue weighted by atomic mass is 35.5. The molecule has 0 spiro atoms. The molecule has 0 aromatic heterocycles. The summed E-state index contributed by atoms with van der Waals surface area (Å²) in [4.78, 5) is 27.6. The Balaban J connectivity index is 2.21. The molecule has 2 rings (SSSR count). The number of carbonyl (C=O) groups is 2. The molecule has 1 N–H and O–H groups in total. The van der Waals surface area contributed by atoms with E-state index in [1.54, 1.807) is 37.3 Å². The van der Waals surface area contributed by atoms with Gasteiger partial charge in [-0.05, 0) is 50.5 Å². The van der Waals surface area contributed by atoms with Crippen LogP contribution in [0.1, 0.15) is 50.7 Å². The SMILES string of the molecule is CCCCNC(=O)C(C)N(Cc1c(Cl)cccc1Cl)C(=O)CCCN(c1ccccc1C)S(C)(=O)=O. The Hall–Kier alpha value is -2.29. The summed E-state index contributed by atoms with van der Waals surface area (Å²) in [6, 6.07) is 11.5. The first-order chi connectivity index (χ1) is 17.0. The molecule has 0 saturated carbocycles. The number of nitrogens with one attached hydrogen (secondary N) is 1. The van der Waals surface area contributed by atoms with E-state index in [0.29, 0.717) is 27.8 Å². The van der Waals surface area contributed by atoms with Crippen molar-refractivity contribution < 1.29 is 18.0 Å². The van der Waals surface area contributed by atoms with Gasteiger partial charge in [-0.1, -0.05) is 60.8 Å². The van der Waals surface area contributed by atoms with E-state index in [9.17, 15) is 18.0 Å². The van der Waals surface area contributed by atoms with Crippen molar-refractivity contribution in [1.82, 2.24) is 10.2 Å². The standard InChI is InChI=1S/C26H35Cl2N3O4S/c1-5-6-16-29-26(33)20(3)30(18-21-22(27)12-9-13-23(21)28)25(32)15-10-17-31(36(4,34)35)24-14-8-7-11-19(24)2/h7-9,11-14,20H,5-6,10,15-18H2,1-4H3,(H,29,33). The van der Waals surface area contributed by atoms with Crippen LogP contribution < -0.4 is 9.62 Å². The predicted molar refractivity (Wildman–Crippen MR) is 147 cm³/mol. The molecule has 0 saturated heterocycles. The highest BCUT2D eigenvalue weighted by Crippen LogP contribution is 2.27. The number of hydrogen-bond acceptors (Lipinski definition) is 4. The lowest BCUT2D eigenvalue weighted by molar-refractivity contribution is -0.140.